The summed E-state index contributed by atoms with van der Waals surface area (Å²) in [5.41, 5.74) is 1.75. The van der Waals surface area contributed by atoms with E-state index in [9.17, 15) is 9.59 Å². The molecule has 1 aliphatic rings. The fourth-order valence-corrected chi connectivity index (χ4v) is 4.24. The molecule has 0 saturated carbocycles. The highest BCUT2D eigenvalue weighted by Crippen LogP contribution is 2.37. The van der Waals surface area contributed by atoms with Crippen LogP contribution in [0.3, 0.4) is 0 Å². The second kappa shape index (κ2) is 8.25. The Morgan fingerprint density at radius 1 is 1.20 bits per heavy atom. The standard InChI is InChI=1S/C24H33N3O3/c1-17-8-10-18(11-9-17)20-14-19(30-25-20)15-24(22(29)26(5)6)12-7-13-27(16-24)21(28)23(2,3)4/h8-11,14H,7,12-13,15-16H2,1-6H3/t24-/m0/s1. The van der Waals surface area contributed by atoms with E-state index in [0.717, 1.165) is 24.1 Å². The zero-order valence-corrected chi connectivity index (χ0v) is 19.0. The number of carbonyl (C=O) groups is 2. The Morgan fingerprint density at radius 3 is 2.47 bits per heavy atom. The first-order valence-corrected chi connectivity index (χ1v) is 10.6. The number of aromatic nitrogens is 1. The maximum absolute atomic E-state index is 13.3. The Kier molecular flexibility index (Phi) is 6.06. The molecule has 2 amide bonds. The minimum Gasteiger partial charge on any atom is -0.361 e. The molecular formula is C24H33N3O3. The molecule has 30 heavy (non-hydrogen) atoms. The number of carbonyl (C=O) groups excluding carboxylic acids is 2. The van der Waals surface area contributed by atoms with Gasteiger partial charge in [0.25, 0.3) is 0 Å². The third-order valence-corrected chi connectivity index (χ3v) is 5.78. The van der Waals surface area contributed by atoms with E-state index in [-0.39, 0.29) is 11.8 Å². The molecule has 2 heterocycles. The van der Waals surface area contributed by atoms with Crippen LogP contribution in [0.15, 0.2) is 34.9 Å². The molecule has 0 bridgehead atoms. The lowest BCUT2D eigenvalue weighted by atomic mass is 9.74. The number of piperidine rings is 1. The Morgan fingerprint density at radius 2 is 1.87 bits per heavy atom. The second-order valence-electron chi connectivity index (χ2n) is 9.78. The predicted octanol–water partition coefficient (Wildman–Crippen LogP) is 3.94. The van der Waals surface area contributed by atoms with Crippen molar-refractivity contribution in [3.05, 3.63) is 41.7 Å². The molecule has 1 saturated heterocycles. The van der Waals surface area contributed by atoms with Gasteiger partial charge in [-0.1, -0.05) is 55.8 Å². The number of hydrogen-bond donors (Lipinski definition) is 0. The summed E-state index contributed by atoms with van der Waals surface area (Å²) < 4.78 is 5.65. The molecular weight excluding hydrogens is 378 g/mol. The van der Waals surface area contributed by atoms with Gasteiger partial charge in [-0.05, 0) is 19.8 Å². The van der Waals surface area contributed by atoms with Gasteiger partial charge in [0, 0.05) is 50.7 Å². The fourth-order valence-electron chi connectivity index (χ4n) is 4.24. The van der Waals surface area contributed by atoms with Crippen molar-refractivity contribution in [2.24, 2.45) is 10.8 Å². The summed E-state index contributed by atoms with van der Waals surface area (Å²) in [5.74, 6) is 0.782. The number of nitrogens with zero attached hydrogens (tertiary/aromatic N) is 3. The summed E-state index contributed by atoms with van der Waals surface area (Å²) in [6, 6.07) is 10.0. The third kappa shape index (κ3) is 4.58. The first-order valence-electron chi connectivity index (χ1n) is 10.6. The predicted molar refractivity (Wildman–Crippen MR) is 117 cm³/mol. The van der Waals surface area contributed by atoms with Crippen molar-refractivity contribution >= 4 is 11.8 Å². The SMILES string of the molecule is Cc1ccc(-c2cc(C[C@@]3(C(=O)N(C)C)CCCN(C(=O)C(C)(C)C)C3)on2)cc1. The number of aryl methyl sites for hydroxylation is 1. The highest BCUT2D eigenvalue weighted by atomic mass is 16.5. The smallest absolute Gasteiger partial charge is 0.230 e. The normalized spacial score (nSPS) is 19.6. The number of benzene rings is 1. The molecule has 0 spiro atoms. The first kappa shape index (κ1) is 22.1. The Bertz CT molecular complexity index is 909. The van der Waals surface area contributed by atoms with E-state index in [2.05, 4.69) is 5.16 Å². The number of hydrogen-bond acceptors (Lipinski definition) is 4. The van der Waals surface area contributed by atoms with Gasteiger partial charge in [0.1, 0.15) is 11.5 Å². The lowest BCUT2D eigenvalue weighted by Crippen LogP contribution is -2.55. The molecule has 0 N–H and O–H groups in total. The molecule has 1 fully saturated rings. The molecule has 1 atom stereocenters. The molecule has 6 nitrogen and oxygen atoms in total. The Labute approximate surface area is 179 Å². The van der Waals surface area contributed by atoms with Gasteiger partial charge in [0.05, 0.1) is 5.41 Å². The van der Waals surface area contributed by atoms with Crippen molar-refractivity contribution in [3.63, 3.8) is 0 Å². The molecule has 0 unspecified atom stereocenters. The van der Waals surface area contributed by atoms with Crippen molar-refractivity contribution in [1.82, 2.24) is 15.0 Å². The van der Waals surface area contributed by atoms with E-state index in [0.29, 0.717) is 25.3 Å². The summed E-state index contributed by atoms with van der Waals surface area (Å²) in [6.07, 6.45) is 1.94. The second-order valence-corrected chi connectivity index (χ2v) is 9.78. The molecule has 1 aromatic heterocycles. The van der Waals surface area contributed by atoms with Crippen LogP contribution in [0.4, 0.5) is 0 Å². The minimum atomic E-state index is -0.702. The van der Waals surface area contributed by atoms with Gasteiger partial charge in [-0.2, -0.15) is 0 Å². The molecule has 3 rings (SSSR count). The lowest BCUT2D eigenvalue weighted by Gasteiger charge is -2.44. The number of likely N-dealkylation sites (tertiary alicyclic amines) is 1. The maximum Gasteiger partial charge on any atom is 0.230 e. The molecule has 2 aromatic rings. The van der Waals surface area contributed by atoms with Crippen LogP contribution in [-0.2, 0) is 16.0 Å². The highest BCUT2D eigenvalue weighted by molar-refractivity contribution is 5.86. The van der Waals surface area contributed by atoms with Crippen LogP contribution in [0.25, 0.3) is 11.3 Å². The van der Waals surface area contributed by atoms with Gasteiger partial charge in [0.15, 0.2) is 0 Å². The van der Waals surface area contributed by atoms with Crippen molar-refractivity contribution in [3.8, 4) is 11.3 Å². The Hall–Kier alpha value is -2.63. The summed E-state index contributed by atoms with van der Waals surface area (Å²) in [4.78, 5) is 29.7. The number of rotatable bonds is 4. The topological polar surface area (TPSA) is 66.7 Å². The summed E-state index contributed by atoms with van der Waals surface area (Å²) in [7, 11) is 3.54. The van der Waals surface area contributed by atoms with Gasteiger partial charge in [-0.15, -0.1) is 0 Å². The third-order valence-electron chi connectivity index (χ3n) is 5.78. The van der Waals surface area contributed by atoms with Crippen LogP contribution in [0.2, 0.25) is 0 Å². The van der Waals surface area contributed by atoms with Gasteiger partial charge in [-0.3, -0.25) is 9.59 Å². The fraction of sp³-hybridized carbons (Fsp3) is 0.542. The van der Waals surface area contributed by atoms with Crippen LogP contribution in [-0.4, -0.2) is 54.0 Å². The van der Waals surface area contributed by atoms with Crippen molar-refractivity contribution < 1.29 is 14.1 Å². The average molecular weight is 412 g/mol. The first-order chi connectivity index (χ1) is 14.0. The van der Waals surface area contributed by atoms with Crippen molar-refractivity contribution in [2.75, 3.05) is 27.2 Å². The van der Waals surface area contributed by atoms with Gasteiger partial charge >= 0.3 is 0 Å². The van der Waals surface area contributed by atoms with Crippen molar-refractivity contribution in [2.45, 2.75) is 47.0 Å². The zero-order valence-electron chi connectivity index (χ0n) is 19.0. The van der Waals surface area contributed by atoms with E-state index in [1.165, 1.54) is 5.56 Å². The van der Waals surface area contributed by atoms with Crippen LogP contribution >= 0.6 is 0 Å². The van der Waals surface area contributed by atoms with Crippen LogP contribution < -0.4 is 0 Å². The van der Waals surface area contributed by atoms with Crippen LogP contribution in [0.5, 0.6) is 0 Å². The minimum absolute atomic E-state index is 0.0298. The molecule has 0 aliphatic carbocycles. The van der Waals surface area contributed by atoms with E-state index < -0.39 is 10.8 Å². The molecule has 1 aliphatic heterocycles. The van der Waals surface area contributed by atoms with Gasteiger partial charge in [-0.25, -0.2) is 0 Å². The van der Waals surface area contributed by atoms with Gasteiger partial charge in [0.2, 0.25) is 11.8 Å². The molecule has 6 heteroatoms. The Balaban J connectivity index is 1.89. The van der Waals surface area contributed by atoms with Crippen LogP contribution in [0.1, 0.15) is 44.9 Å². The van der Waals surface area contributed by atoms with E-state index in [1.54, 1.807) is 19.0 Å². The summed E-state index contributed by atoms with van der Waals surface area (Å²) in [5, 5.41) is 4.23. The van der Waals surface area contributed by atoms with Crippen LogP contribution in [0, 0.1) is 17.8 Å². The lowest BCUT2D eigenvalue weighted by molar-refractivity contribution is -0.151. The summed E-state index contributed by atoms with van der Waals surface area (Å²) in [6.45, 7) is 8.89. The van der Waals surface area contributed by atoms with Crippen molar-refractivity contribution in [1.29, 1.82) is 0 Å². The highest BCUT2D eigenvalue weighted by Gasteiger charge is 2.46. The number of amides is 2. The summed E-state index contributed by atoms with van der Waals surface area (Å²) >= 11 is 0. The molecule has 0 radical (unpaired) electrons. The average Bonchev–Trinajstić information content (AvgIpc) is 3.14. The zero-order chi connectivity index (χ0) is 22.1. The van der Waals surface area contributed by atoms with Gasteiger partial charge < -0.3 is 14.3 Å². The maximum atomic E-state index is 13.3. The monoisotopic (exact) mass is 411 g/mol. The quantitative estimate of drug-likeness (QED) is 0.764. The van der Waals surface area contributed by atoms with E-state index in [4.69, 9.17) is 4.52 Å². The van der Waals surface area contributed by atoms with E-state index in [1.807, 2.05) is 62.9 Å². The molecule has 162 valence electrons. The largest absolute Gasteiger partial charge is 0.361 e. The molecule has 1 aromatic carbocycles. The van der Waals surface area contributed by atoms with E-state index >= 15 is 0 Å².